The number of nitrogens with zero attached hydrogens (tertiary/aromatic N) is 2. The number of H-pyrrole nitrogens is 1. The van der Waals surface area contributed by atoms with Crippen molar-refractivity contribution in [2.75, 3.05) is 5.73 Å². The van der Waals surface area contributed by atoms with Crippen molar-refractivity contribution < 1.29 is 9.53 Å². The van der Waals surface area contributed by atoms with Crippen LogP contribution in [0, 0.1) is 0 Å². The lowest BCUT2D eigenvalue weighted by atomic mass is 9.71. The van der Waals surface area contributed by atoms with Gasteiger partial charge in [0.05, 0.1) is 5.56 Å². The maximum Gasteiger partial charge on any atom is 0.321 e. The molecule has 0 unspecified atom stereocenters. The van der Waals surface area contributed by atoms with E-state index in [-0.39, 0.29) is 11.8 Å². The van der Waals surface area contributed by atoms with Crippen molar-refractivity contribution in [3.8, 4) is 11.8 Å². The fourth-order valence-electron chi connectivity index (χ4n) is 3.93. The molecule has 0 saturated heterocycles. The maximum atomic E-state index is 13.3. The fourth-order valence-corrected chi connectivity index (χ4v) is 3.93. The quantitative estimate of drug-likeness (QED) is 0.516. The second-order valence-corrected chi connectivity index (χ2v) is 7.47. The van der Waals surface area contributed by atoms with Crippen LogP contribution in [0.5, 0.6) is 11.8 Å². The van der Waals surface area contributed by atoms with Gasteiger partial charge in [-0.1, -0.05) is 19.9 Å². The summed E-state index contributed by atoms with van der Waals surface area (Å²) in [7, 11) is 0. The van der Waals surface area contributed by atoms with Gasteiger partial charge in [0.1, 0.15) is 5.75 Å². The largest absolute Gasteiger partial charge is 0.424 e. The maximum absolute atomic E-state index is 13.3. The highest BCUT2D eigenvalue weighted by Gasteiger charge is 2.39. The minimum atomic E-state index is -0.413. The second kappa shape index (κ2) is 5.66. The number of carbonyl (C=O) groups is 1. The Morgan fingerprint density at radius 2 is 1.86 bits per heavy atom. The molecule has 0 fully saturated rings. The van der Waals surface area contributed by atoms with Crippen molar-refractivity contribution in [3.63, 3.8) is 0 Å². The van der Waals surface area contributed by atoms with Gasteiger partial charge in [0.2, 0.25) is 0 Å². The van der Waals surface area contributed by atoms with Crippen LogP contribution in [0.1, 0.15) is 41.0 Å². The van der Waals surface area contributed by atoms with Crippen LogP contribution in [0.4, 0.5) is 5.69 Å². The zero-order valence-electron chi connectivity index (χ0n) is 15.5. The number of nitrogens with one attached hydrogen (secondary N) is 1. The van der Waals surface area contributed by atoms with Gasteiger partial charge in [-0.15, -0.1) is 0 Å². The number of aromatic amines is 1. The van der Waals surface area contributed by atoms with Crippen LogP contribution in [0.15, 0.2) is 54.9 Å². The smallest absolute Gasteiger partial charge is 0.321 e. The summed E-state index contributed by atoms with van der Waals surface area (Å²) in [6, 6.07) is 13.1. The van der Waals surface area contributed by atoms with Crippen LogP contribution >= 0.6 is 0 Å². The van der Waals surface area contributed by atoms with Crippen molar-refractivity contribution in [3.05, 3.63) is 77.2 Å². The van der Waals surface area contributed by atoms with Crippen LogP contribution in [0.2, 0.25) is 0 Å². The number of ether oxygens (including phenoxy) is 1. The topological polar surface area (TPSA) is 93.9 Å². The second-order valence-electron chi connectivity index (χ2n) is 7.47. The van der Waals surface area contributed by atoms with E-state index < -0.39 is 5.41 Å². The summed E-state index contributed by atoms with van der Waals surface area (Å²) >= 11 is 0. The Morgan fingerprint density at radius 3 is 2.64 bits per heavy atom. The molecule has 3 N–H and O–H groups in total. The number of ketones is 1. The van der Waals surface area contributed by atoms with Gasteiger partial charge in [-0.05, 0) is 42.0 Å². The molecule has 1 aliphatic carbocycles. The minimum absolute atomic E-state index is 0.00265. The highest BCUT2D eigenvalue weighted by atomic mass is 16.5. The highest BCUT2D eigenvalue weighted by molar-refractivity contribution is 6.20. The molecule has 0 bridgehead atoms. The molecule has 0 spiro atoms. The molecule has 2 heterocycles. The third kappa shape index (κ3) is 2.31. The zero-order chi connectivity index (χ0) is 19.5. The Labute approximate surface area is 161 Å². The predicted molar refractivity (Wildman–Crippen MR) is 107 cm³/mol. The molecule has 0 aliphatic heterocycles. The fraction of sp³-hybridized carbons (Fsp3) is 0.136. The van der Waals surface area contributed by atoms with Gasteiger partial charge in [0.15, 0.2) is 5.78 Å². The normalized spacial score (nSPS) is 14.6. The third-order valence-corrected chi connectivity index (χ3v) is 5.33. The molecule has 6 heteroatoms. The molecular formula is C22H18N4O2. The summed E-state index contributed by atoms with van der Waals surface area (Å²) in [5, 5.41) is 0.894. The van der Waals surface area contributed by atoms with Crippen LogP contribution in [0.3, 0.4) is 0 Å². The molecule has 6 nitrogen and oxygen atoms in total. The van der Waals surface area contributed by atoms with E-state index in [4.69, 9.17) is 10.5 Å². The Bertz CT molecular complexity index is 1240. The molecule has 1 aliphatic rings. The first-order valence-corrected chi connectivity index (χ1v) is 9.01. The first-order chi connectivity index (χ1) is 13.4. The van der Waals surface area contributed by atoms with E-state index in [1.807, 2.05) is 30.3 Å². The number of aromatic nitrogens is 3. The first kappa shape index (κ1) is 16.5. The van der Waals surface area contributed by atoms with E-state index >= 15 is 0 Å². The zero-order valence-corrected chi connectivity index (χ0v) is 15.5. The van der Waals surface area contributed by atoms with Gasteiger partial charge in [-0.2, -0.15) is 0 Å². The summed E-state index contributed by atoms with van der Waals surface area (Å²) in [6.07, 6.45) is 3.24. The summed E-state index contributed by atoms with van der Waals surface area (Å²) in [5.74, 6) is 0.595. The number of nitrogen functional groups attached to an aromatic ring is 1. The van der Waals surface area contributed by atoms with E-state index in [1.54, 1.807) is 24.5 Å². The first-order valence-electron chi connectivity index (χ1n) is 9.01. The Kier molecular flexibility index (Phi) is 3.34. The summed E-state index contributed by atoms with van der Waals surface area (Å²) < 4.78 is 5.78. The van der Waals surface area contributed by atoms with Crippen molar-refractivity contribution in [2.45, 2.75) is 19.3 Å². The van der Waals surface area contributed by atoms with Crippen molar-refractivity contribution in [2.24, 2.45) is 0 Å². The standard InChI is InChI=1S/C22H18N4O2/c1-22(2)16-11-13(28-21-24-8-3-9-25-21)5-7-14(16)19(27)18-15-6-4-12(23)10-17(15)26-20(18)22/h3-11,26H,23H2,1-2H3. The van der Waals surface area contributed by atoms with E-state index in [0.717, 1.165) is 22.2 Å². The molecule has 138 valence electrons. The average molecular weight is 370 g/mol. The number of hydrogen-bond acceptors (Lipinski definition) is 5. The molecular weight excluding hydrogens is 352 g/mol. The lowest BCUT2D eigenvalue weighted by Gasteiger charge is -2.32. The number of anilines is 1. The van der Waals surface area contributed by atoms with Crippen LogP contribution in [0.25, 0.3) is 10.9 Å². The Morgan fingerprint density at radius 1 is 1.07 bits per heavy atom. The number of fused-ring (bicyclic) bond motifs is 4. The molecule has 28 heavy (non-hydrogen) atoms. The lowest BCUT2D eigenvalue weighted by Crippen LogP contribution is -2.30. The van der Waals surface area contributed by atoms with E-state index in [2.05, 4.69) is 28.8 Å². The molecule has 5 rings (SSSR count). The molecule has 0 radical (unpaired) electrons. The molecule has 2 aromatic carbocycles. The molecule has 0 saturated carbocycles. The number of carbonyl (C=O) groups excluding carboxylic acids is 1. The average Bonchev–Trinajstić information content (AvgIpc) is 3.07. The van der Waals surface area contributed by atoms with Gasteiger partial charge < -0.3 is 15.5 Å². The summed E-state index contributed by atoms with van der Waals surface area (Å²) in [6.45, 7) is 4.19. The monoisotopic (exact) mass is 370 g/mol. The number of benzene rings is 2. The van der Waals surface area contributed by atoms with Gasteiger partial charge >= 0.3 is 6.01 Å². The highest BCUT2D eigenvalue weighted by Crippen LogP contribution is 2.45. The van der Waals surface area contributed by atoms with Crippen LogP contribution in [-0.2, 0) is 5.41 Å². The van der Waals surface area contributed by atoms with Crippen molar-refractivity contribution >= 4 is 22.4 Å². The minimum Gasteiger partial charge on any atom is -0.424 e. The number of hydrogen-bond donors (Lipinski definition) is 2. The van der Waals surface area contributed by atoms with Crippen LogP contribution < -0.4 is 10.5 Å². The van der Waals surface area contributed by atoms with E-state index in [9.17, 15) is 4.79 Å². The summed E-state index contributed by atoms with van der Waals surface area (Å²) in [4.78, 5) is 24.9. The molecule has 4 aromatic rings. The van der Waals surface area contributed by atoms with Crippen LogP contribution in [-0.4, -0.2) is 20.7 Å². The van der Waals surface area contributed by atoms with Gasteiger partial charge in [-0.3, -0.25) is 4.79 Å². The third-order valence-electron chi connectivity index (χ3n) is 5.33. The van der Waals surface area contributed by atoms with E-state index in [1.165, 1.54) is 0 Å². The van der Waals surface area contributed by atoms with Gasteiger partial charge in [-0.25, -0.2) is 9.97 Å². The number of rotatable bonds is 2. The Hall–Kier alpha value is -3.67. The Balaban J connectivity index is 1.67. The molecule has 0 amide bonds. The SMILES string of the molecule is CC1(C)c2cc(Oc3ncccn3)ccc2C(=O)c2c1[nH]c1cc(N)ccc21. The van der Waals surface area contributed by atoms with Crippen molar-refractivity contribution in [1.82, 2.24) is 15.0 Å². The van der Waals surface area contributed by atoms with Gasteiger partial charge in [0, 0.05) is 45.7 Å². The predicted octanol–water partition coefficient (Wildman–Crippen LogP) is 4.20. The number of nitrogens with two attached hydrogens (primary N) is 1. The van der Waals surface area contributed by atoms with Crippen molar-refractivity contribution in [1.29, 1.82) is 0 Å². The van der Waals surface area contributed by atoms with Gasteiger partial charge in [0.25, 0.3) is 0 Å². The molecule has 2 aromatic heterocycles. The summed E-state index contributed by atoms with van der Waals surface area (Å²) in [5.41, 5.74) is 10.2. The lowest BCUT2D eigenvalue weighted by molar-refractivity contribution is 0.103. The van der Waals surface area contributed by atoms with E-state index in [0.29, 0.717) is 22.6 Å². The molecule has 0 atom stereocenters.